The molecule has 0 spiro atoms. The van der Waals surface area contributed by atoms with Gasteiger partial charge in [-0.1, -0.05) is 24.3 Å². The predicted octanol–water partition coefficient (Wildman–Crippen LogP) is 4.31. The van der Waals surface area contributed by atoms with Crippen molar-refractivity contribution in [3.8, 4) is 0 Å². The Bertz CT molecular complexity index is 919. The summed E-state index contributed by atoms with van der Waals surface area (Å²) < 4.78 is 26.0. The minimum atomic E-state index is -3.48. The first-order valence-electron chi connectivity index (χ1n) is 9.51. The van der Waals surface area contributed by atoms with Gasteiger partial charge in [0, 0.05) is 20.6 Å². The van der Waals surface area contributed by atoms with Crippen LogP contribution < -0.4 is 0 Å². The zero-order valence-corrected chi connectivity index (χ0v) is 17.2. The van der Waals surface area contributed by atoms with E-state index in [1.54, 1.807) is 30.3 Å². The number of hydrogen-bond donors (Lipinski definition) is 0. The lowest BCUT2D eigenvalue weighted by molar-refractivity contribution is 0.521. The number of nitrogens with zero attached hydrogens (tertiary/aromatic N) is 2. The minimum Gasteiger partial charge on any atom is -0.367 e. The number of rotatable bonds is 5. The number of aliphatic imine (C=N–C) groups is 1. The van der Waals surface area contributed by atoms with E-state index in [2.05, 4.69) is 4.99 Å². The standard InChI is InChI=1S/C22H28N2O2S/c1-17(24(2)3)23-15-14-19-9-7-8-18-12-13-21(16-22(18)19)27(25,26)20-10-5-4-6-11-20/h4-6,10-13,16,19H,7-9,14-15H2,1-3H3/b23-17+. The molecule has 27 heavy (non-hydrogen) atoms. The van der Waals surface area contributed by atoms with Gasteiger partial charge in [0.1, 0.15) is 0 Å². The molecule has 0 aliphatic heterocycles. The van der Waals surface area contributed by atoms with Crippen LogP contribution in [0.2, 0.25) is 0 Å². The zero-order chi connectivity index (χ0) is 19.4. The zero-order valence-electron chi connectivity index (χ0n) is 16.4. The molecule has 0 amide bonds. The SMILES string of the molecule is C/C(=N\CCC1CCCc2ccc(S(=O)(=O)c3ccccc3)cc21)N(C)C. The van der Waals surface area contributed by atoms with Crippen molar-refractivity contribution in [2.45, 2.75) is 48.3 Å². The number of hydrogen-bond acceptors (Lipinski definition) is 3. The van der Waals surface area contributed by atoms with Crippen LogP contribution in [0.25, 0.3) is 0 Å². The van der Waals surface area contributed by atoms with Crippen LogP contribution in [0.1, 0.15) is 43.2 Å². The minimum absolute atomic E-state index is 0.350. The molecule has 0 aromatic heterocycles. The molecule has 0 saturated carbocycles. The second-order valence-corrected chi connectivity index (χ2v) is 9.33. The van der Waals surface area contributed by atoms with Crippen LogP contribution in [0.4, 0.5) is 0 Å². The van der Waals surface area contributed by atoms with Gasteiger partial charge >= 0.3 is 0 Å². The van der Waals surface area contributed by atoms with Crippen molar-refractivity contribution in [1.29, 1.82) is 0 Å². The van der Waals surface area contributed by atoms with Gasteiger partial charge < -0.3 is 4.90 Å². The molecule has 3 rings (SSSR count). The van der Waals surface area contributed by atoms with Crippen molar-refractivity contribution in [2.75, 3.05) is 20.6 Å². The quantitative estimate of drug-likeness (QED) is 0.570. The van der Waals surface area contributed by atoms with Crippen molar-refractivity contribution < 1.29 is 8.42 Å². The first-order valence-corrected chi connectivity index (χ1v) is 11.0. The maximum atomic E-state index is 13.0. The van der Waals surface area contributed by atoms with Crippen LogP contribution in [0, 0.1) is 0 Å². The fraction of sp³-hybridized carbons (Fsp3) is 0.409. The molecule has 0 saturated heterocycles. The van der Waals surface area contributed by atoms with E-state index < -0.39 is 9.84 Å². The first-order chi connectivity index (χ1) is 12.9. The largest absolute Gasteiger partial charge is 0.367 e. The van der Waals surface area contributed by atoms with E-state index >= 15 is 0 Å². The van der Waals surface area contributed by atoms with E-state index in [0.717, 1.165) is 38.1 Å². The van der Waals surface area contributed by atoms with E-state index in [1.807, 2.05) is 44.1 Å². The summed E-state index contributed by atoms with van der Waals surface area (Å²) in [7, 11) is 0.516. The number of amidine groups is 1. The average Bonchev–Trinajstić information content (AvgIpc) is 2.68. The summed E-state index contributed by atoms with van der Waals surface area (Å²) in [5.74, 6) is 1.39. The molecular weight excluding hydrogens is 356 g/mol. The third-order valence-corrected chi connectivity index (χ3v) is 7.15. The second-order valence-electron chi connectivity index (χ2n) is 7.38. The van der Waals surface area contributed by atoms with Crippen LogP contribution in [0.3, 0.4) is 0 Å². The summed E-state index contributed by atoms with van der Waals surface area (Å²) in [6.07, 6.45) is 4.22. The number of aryl methyl sites for hydroxylation is 1. The molecule has 2 aromatic rings. The Morgan fingerprint density at radius 3 is 2.56 bits per heavy atom. The molecule has 0 bridgehead atoms. The highest BCUT2D eigenvalue weighted by molar-refractivity contribution is 7.91. The average molecular weight is 385 g/mol. The second kappa shape index (κ2) is 8.26. The lowest BCUT2D eigenvalue weighted by Gasteiger charge is -2.26. The van der Waals surface area contributed by atoms with Gasteiger partial charge in [-0.2, -0.15) is 0 Å². The van der Waals surface area contributed by atoms with Gasteiger partial charge in [0.25, 0.3) is 0 Å². The summed E-state index contributed by atoms with van der Waals surface area (Å²) in [5.41, 5.74) is 2.47. The van der Waals surface area contributed by atoms with E-state index in [4.69, 9.17) is 0 Å². The molecule has 0 radical (unpaired) electrons. The molecule has 0 fully saturated rings. The third kappa shape index (κ3) is 4.41. The van der Waals surface area contributed by atoms with Crippen LogP contribution in [-0.2, 0) is 16.3 Å². The Morgan fingerprint density at radius 2 is 1.85 bits per heavy atom. The summed E-state index contributed by atoms with van der Waals surface area (Å²) in [6.45, 7) is 2.78. The number of sulfone groups is 1. The van der Waals surface area contributed by atoms with Crippen molar-refractivity contribution in [3.05, 3.63) is 59.7 Å². The lowest BCUT2D eigenvalue weighted by atomic mass is 9.81. The van der Waals surface area contributed by atoms with Crippen LogP contribution >= 0.6 is 0 Å². The summed E-state index contributed by atoms with van der Waals surface area (Å²) >= 11 is 0. The topological polar surface area (TPSA) is 49.7 Å². The fourth-order valence-electron chi connectivity index (χ4n) is 3.60. The Kier molecular flexibility index (Phi) is 6.00. The first kappa shape index (κ1) is 19.6. The van der Waals surface area contributed by atoms with Crippen molar-refractivity contribution in [3.63, 3.8) is 0 Å². The highest BCUT2D eigenvalue weighted by Gasteiger charge is 2.24. The Balaban J connectivity index is 1.87. The van der Waals surface area contributed by atoms with E-state index in [0.29, 0.717) is 15.7 Å². The van der Waals surface area contributed by atoms with Gasteiger partial charge in [-0.15, -0.1) is 0 Å². The molecule has 1 aliphatic carbocycles. The molecular formula is C22H28N2O2S. The van der Waals surface area contributed by atoms with E-state index in [1.165, 1.54) is 11.1 Å². The molecule has 1 unspecified atom stereocenters. The summed E-state index contributed by atoms with van der Waals surface area (Å²) in [4.78, 5) is 7.39. The van der Waals surface area contributed by atoms with Crippen LogP contribution in [-0.4, -0.2) is 39.8 Å². The van der Waals surface area contributed by atoms with Crippen molar-refractivity contribution >= 4 is 15.7 Å². The molecule has 1 atom stereocenters. The molecule has 2 aromatic carbocycles. The normalized spacial score (nSPS) is 17.4. The van der Waals surface area contributed by atoms with Crippen molar-refractivity contribution in [2.24, 2.45) is 4.99 Å². The molecule has 1 aliphatic rings. The van der Waals surface area contributed by atoms with E-state index in [9.17, 15) is 8.42 Å². The third-order valence-electron chi connectivity index (χ3n) is 5.39. The summed E-state index contributed by atoms with van der Waals surface area (Å²) in [6, 6.07) is 14.3. The van der Waals surface area contributed by atoms with Gasteiger partial charge in [-0.25, -0.2) is 8.42 Å². The van der Waals surface area contributed by atoms with Crippen molar-refractivity contribution in [1.82, 2.24) is 4.90 Å². The summed E-state index contributed by atoms with van der Waals surface area (Å²) in [5, 5.41) is 0. The molecule has 144 valence electrons. The predicted molar refractivity (Wildman–Crippen MR) is 110 cm³/mol. The van der Waals surface area contributed by atoms with Crippen LogP contribution in [0.15, 0.2) is 63.3 Å². The lowest BCUT2D eigenvalue weighted by Crippen LogP contribution is -2.19. The van der Waals surface area contributed by atoms with Crippen LogP contribution in [0.5, 0.6) is 0 Å². The van der Waals surface area contributed by atoms with Gasteiger partial charge in [0.15, 0.2) is 0 Å². The number of benzene rings is 2. The monoisotopic (exact) mass is 384 g/mol. The number of fused-ring (bicyclic) bond motifs is 1. The van der Waals surface area contributed by atoms with Gasteiger partial charge in [-0.05, 0) is 73.9 Å². The van der Waals surface area contributed by atoms with Gasteiger partial charge in [0.05, 0.1) is 15.6 Å². The Morgan fingerprint density at radius 1 is 1.11 bits per heavy atom. The molecule has 0 N–H and O–H groups in total. The maximum Gasteiger partial charge on any atom is 0.206 e. The molecule has 4 nitrogen and oxygen atoms in total. The Hall–Kier alpha value is -2.14. The highest BCUT2D eigenvalue weighted by atomic mass is 32.2. The molecule has 0 heterocycles. The van der Waals surface area contributed by atoms with Gasteiger partial charge in [-0.3, -0.25) is 4.99 Å². The fourth-order valence-corrected chi connectivity index (χ4v) is 4.92. The van der Waals surface area contributed by atoms with Gasteiger partial charge in [0.2, 0.25) is 9.84 Å². The smallest absolute Gasteiger partial charge is 0.206 e. The highest BCUT2D eigenvalue weighted by Crippen LogP contribution is 2.36. The molecule has 5 heteroatoms. The maximum absolute atomic E-state index is 13.0. The van der Waals surface area contributed by atoms with E-state index in [-0.39, 0.29) is 0 Å². The Labute approximate surface area is 162 Å².